The van der Waals surface area contributed by atoms with Crippen molar-refractivity contribution in [3.05, 3.63) is 29.3 Å². The minimum Gasteiger partial charge on any atom is -0.355 e. The van der Waals surface area contributed by atoms with E-state index < -0.39 is 0 Å². The molecule has 4 N–H and O–H groups in total. The molecule has 0 aliphatic heterocycles. The Balaban J connectivity index is 2.91. The Hall–Kier alpha value is -1.88. The van der Waals surface area contributed by atoms with Crippen molar-refractivity contribution in [2.24, 2.45) is 5.73 Å². The van der Waals surface area contributed by atoms with Crippen LogP contribution in [-0.2, 0) is 4.79 Å². The summed E-state index contributed by atoms with van der Waals surface area (Å²) in [7, 11) is 1.57. The Kier molecular flexibility index (Phi) is 4.02. The number of carbonyl (C=O) groups is 2. The minimum absolute atomic E-state index is 0.0589. The van der Waals surface area contributed by atoms with Gasteiger partial charge in [0.05, 0.1) is 6.54 Å². The average molecular weight is 221 g/mol. The molecule has 0 saturated carbocycles. The summed E-state index contributed by atoms with van der Waals surface area (Å²) in [6, 6.07) is 5.05. The fourth-order valence-electron chi connectivity index (χ4n) is 1.29. The largest absolute Gasteiger partial charge is 0.355 e. The highest BCUT2D eigenvalue weighted by Crippen LogP contribution is 2.16. The second-order valence-electron chi connectivity index (χ2n) is 3.36. The van der Waals surface area contributed by atoms with Gasteiger partial charge in [0.1, 0.15) is 0 Å². The fraction of sp³-hybridized carbons (Fsp3) is 0.273. The van der Waals surface area contributed by atoms with Crippen molar-refractivity contribution in [3.8, 4) is 0 Å². The number of anilines is 1. The topological polar surface area (TPSA) is 84.2 Å². The molecule has 2 amide bonds. The summed E-state index contributed by atoms with van der Waals surface area (Å²) in [4.78, 5) is 22.4. The van der Waals surface area contributed by atoms with Crippen molar-refractivity contribution in [1.82, 2.24) is 5.32 Å². The third-order valence-electron chi connectivity index (χ3n) is 2.18. The highest BCUT2D eigenvalue weighted by Gasteiger charge is 2.07. The molecule has 1 aromatic rings. The predicted octanol–water partition coefficient (Wildman–Crippen LogP) is 0.252. The quantitative estimate of drug-likeness (QED) is 0.684. The molecule has 0 aromatic heterocycles. The highest BCUT2D eigenvalue weighted by molar-refractivity contribution is 5.96. The second-order valence-corrected chi connectivity index (χ2v) is 3.36. The Labute approximate surface area is 94.0 Å². The first kappa shape index (κ1) is 12.2. The summed E-state index contributed by atoms with van der Waals surface area (Å²) in [5.74, 6) is -0.407. The van der Waals surface area contributed by atoms with Gasteiger partial charge in [-0.25, -0.2) is 0 Å². The molecule has 0 aliphatic carbocycles. The predicted molar refractivity (Wildman–Crippen MR) is 62.3 cm³/mol. The summed E-state index contributed by atoms with van der Waals surface area (Å²) >= 11 is 0. The lowest BCUT2D eigenvalue weighted by molar-refractivity contribution is -0.114. The van der Waals surface area contributed by atoms with Crippen LogP contribution >= 0.6 is 0 Å². The van der Waals surface area contributed by atoms with E-state index in [2.05, 4.69) is 10.6 Å². The zero-order valence-corrected chi connectivity index (χ0v) is 9.33. The summed E-state index contributed by atoms with van der Waals surface area (Å²) < 4.78 is 0. The highest BCUT2D eigenvalue weighted by atomic mass is 16.2. The first-order valence-corrected chi connectivity index (χ1v) is 4.91. The van der Waals surface area contributed by atoms with Crippen LogP contribution in [0.15, 0.2) is 18.2 Å². The van der Waals surface area contributed by atoms with Crippen LogP contribution in [0, 0.1) is 6.92 Å². The molecule has 0 radical (unpaired) electrons. The van der Waals surface area contributed by atoms with Crippen LogP contribution in [0.4, 0.5) is 5.69 Å². The maximum atomic E-state index is 11.3. The fourth-order valence-corrected chi connectivity index (χ4v) is 1.29. The number of nitrogens with one attached hydrogen (secondary N) is 2. The van der Waals surface area contributed by atoms with Crippen LogP contribution in [0.2, 0.25) is 0 Å². The van der Waals surface area contributed by atoms with Gasteiger partial charge in [-0.3, -0.25) is 9.59 Å². The van der Waals surface area contributed by atoms with Crippen LogP contribution in [-0.4, -0.2) is 25.4 Å². The van der Waals surface area contributed by atoms with Crippen LogP contribution < -0.4 is 16.4 Å². The zero-order chi connectivity index (χ0) is 12.1. The third kappa shape index (κ3) is 2.80. The summed E-state index contributed by atoms with van der Waals surface area (Å²) in [5.41, 5.74) is 7.25. The number of carbonyl (C=O) groups excluding carboxylic acids is 2. The molecule has 5 nitrogen and oxygen atoms in total. The van der Waals surface area contributed by atoms with Gasteiger partial charge in [0.25, 0.3) is 5.91 Å². The van der Waals surface area contributed by atoms with E-state index in [9.17, 15) is 9.59 Å². The molecule has 0 heterocycles. The smallest absolute Gasteiger partial charge is 0.251 e. The minimum atomic E-state index is -0.254. The van der Waals surface area contributed by atoms with Gasteiger partial charge in [-0.2, -0.15) is 0 Å². The lowest BCUT2D eigenvalue weighted by Gasteiger charge is -2.08. The number of rotatable bonds is 3. The SMILES string of the molecule is CNC(=O)c1ccc(NC(=O)CN)c(C)c1. The Morgan fingerprint density at radius 2 is 2.06 bits per heavy atom. The zero-order valence-electron chi connectivity index (χ0n) is 9.33. The Morgan fingerprint density at radius 3 is 2.56 bits per heavy atom. The van der Waals surface area contributed by atoms with Crippen molar-refractivity contribution < 1.29 is 9.59 Å². The molecule has 1 aromatic carbocycles. The van der Waals surface area contributed by atoms with E-state index in [4.69, 9.17) is 5.73 Å². The van der Waals surface area contributed by atoms with E-state index in [0.29, 0.717) is 11.3 Å². The first-order valence-electron chi connectivity index (χ1n) is 4.91. The summed E-state index contributed by atoms with van der Waals surface area (Å²) in [6.07, 6.45) is 0. The first-order chi connectivity index (χ1) is 7.58. The number of amides is 2. The van der Waals surface area contributed by atoms with Crippen molar-refractivity contribution in [2.45, 2.75) is 6.92 Å². The molecule has 0 aliphatic rings. The maximum absolute atomic E-state index is 11.3. The standard InChI is InChI=1S/C11H15N3O2/c1-7-5-8(11(16)13-2)3-4-9(7)14-10(15)6-12/h3-5H,6,12H2,1-2H3,(H,13,16)(H,14,15). The summed E-state index contributed by atoms with van der Waals surface area (Å²) in [5, 5.41) is 5.18. The molecule has 1 rings (SSSR count). The molecule has 0 bridgehead atoms. The molecular weight excluding hydrogens is 206 g/mol. The molecule has 16 heavy (non-hydrogen) atoms. The van der Waals surface area contributed by atoms with Gasteiger partial charge in [0.2, 0.25) is 5.91 Å². The molecule has 0 fully saturated rings. The molecule has 86 valence electrons. The normalized spacial score (nSPS) is 9.69. The van der Waals surface area contributed by atoms with Crippen LogP contribution in [0.1, 0.15) is 15.9 Å². The van der Waals surface area contributed by atoms with E-state index in [-0.39, 0.29) is 18.4 Å². The van der Waals surface area contributed by atoms with E-state index in [1.807, 2.05) is 6.92 Å². The number of hydrogen-bond acceptors (Lipinski definition) is 3. The van der Waals surface area contributed by atoms with Crippen molar-refractivity contribution >= 4 is 17.5 Å². The van der Waals surface area contributed by atoms with E-state index in [1.54, 1.807) is 25.2 Å². The maximum Gasteiger partial charge on any atom is 0.251 e. The Bertz CT molecular complexity index is 416. The van der Waals surface area contributed by atoms with E-state index in [1.165, 1.54) is 0 Å². The van der Waals surface area contributed by atoms with Gasteiger partial charge in [0, 0.05) is 18.3 Å². The van der Waals surface area contributed by atoms with E-state index >= 15 is 0 Å². The van der Waals surface area contributed by atoms with Crippen molar-refractivity contribution in [1.29, 1.82) is 0 Å². The number of benzene rings is 1. The number of nitrogens with two attached hydrogens (primary N) is 1. The number of hydrogen-bond donors (Lipinski definition) is 3. The van der Waals surface area contributed by atoms with Gasteiger partial charge in [-0.15, -0.1) is 0 Å². The lowest BCUT2D eigenvalue weighted by atomic mass is 10.1. The van der Waals surface area contributed by atoms with Crippen LogP contribution in [0.3, 0.4) is 0 Å². The molecule has 0 spiro atoms. The molecule has 0 atom stereocenters. The van der Waals surface area contributed by atoms with Gasteiger partial charge < -0.3 is 16.4 Å². The molecule has 0 saturated heterocycles. The van der Waals surface area contributed by atoms with E-state index in [0.717, 1.165) is 5.56 Å². The summed E-state index contributed by atoms with van der Waals surface area (Å²) in [6.45, 7) is 1.76. The second kappa shape index (κ2) is 5.27. The van der Waals surface area contributed by atoms with Gasteiger partial charge >= 0.3 is 0 Å². The number of aryl methyl sites for hydroxylation is 1. The monoisotopic (exact) mass is 221 g/mol. The third-order valence-corrected chi connectivity index (χ3v) is 2.18. The molecular formula is C11H15N3O2. The Morgan fingerprint density at radius 1 is 1.38 bits per heavy atom. The van der Waals surface area contributed by atoms with Gasteiger partial charge in [-0.1, -0.05) is 0 Å². The van der Waals surface area contributed by atoms with Crippen molar-refractivity contribution in [2.75, 3.05) is 18.9 Å². The molecule has 0 unspecified atom stereocenters. The van der Waals surface area contributed by atoms with Gasteiger partial charge in [-0.05, 0) is 30.7 Å². The van der Waals surface area contributed by atoms with Crippen LogP contribution in [0.25, 0.3) is 0 Å². The average Bonchev–Trinajstić information content (AvgIpc) is 2.30. The van der Waals surface area contributed by atoms with Crippen LogP contribution in [0.5, 0.6) is 0 Å². The van der Waals surface area contributed by atoms with Crippen molar-refractivity contribution in [3.63, 3.8) is 0 Å². The van der Waals surface area contributed by atoms with Gasteiger partial charge in [0.15, 0.2) is 0 Å². The lowest BCUT2D eigenvalue weighted by Crippen LogP contribution is -2.22. The molecule has 5 heteroatoms.